The number of methoxy groups -OCH3 is 1. The lowest BCUT2D eigenvalue weighted by molar-refractivity contribution is 0.0130. The monoisotopic (exact) mass is 614 g/mol. The molecule has 0 unspecified atom stereocenters. The van der Waals surface area contributed by atoms with Crippen LogP contribution in [0.5, 0.6) is 5.75 Å². The molecule has 2 heterocycles. The lowest BCUT2D eigenvalue weighted by Gasteiger charge is -2.46. The van der Waals surface area contributed by atoms with Gasteiger partial charge in [0.25, 0.3) is 5.91 Å². The van der Waals surface area contributed by atoms with Crippen molar-refractivity contribution in [3.05, 3.63) is 70.3 Å². The number of fused-ring (bicyclic) bond motifs is 4. The molecule has 2 aromatic carbocycles. The van der Waals surface area contributed by atoms with Crippen molar-refractivity contribution >= 4 is 33.2 Å². The fraction of sp³-hybridized carbons (Fsp3) is 0.531. The molecule has 4 aliphatic rings. The van der Waals surface area contributed by atoms with E-state index in [1.807, 2.05) is 12.1 Å². The van der Waals surface area contributed by atoms with Crippen molar-refractivity contribution in [1.82, 2.24) is 4.72 Å². The summed E-state index contributed by atoms with van der Waals surface area (Å²) in [7, 11) is -2.44. The third-order valence-electron chi connectivity index (χ3n) is 9.89. The normalized spacial score (nSPS) is 33.3. The highest BCUT2D eigenvalue weighted by Gasteiger charge is 2.44. The van der Waals surface area contributed by atoms with Gasteiger partial charge in [-0.1, -0.05) is 29.8 Å². The number of aliphatic hydroxyl groups is 1. The average Bonchev–Trinajstić information content (AvgIpc) is 3.10. The molecule has 2 N–H and O–H groups in total. The molecule has 1 saturated carbocycles. The van der Waals surface area contributed by atoms with Crippen molar-refractivity contribution in [2.45, 2.75) is 68.3 Å². The topological polar surface area (TPSA) is 105 Å². The van der Waals surface area contributed by atoms with E-state index in [0.717, 1.165) is 49.4 Å². The molecule has 2 aliphatic carbocycles. The third-order valence-corrected chi connectivity index (χ3v) is 11.9. The second-order valence-electron chi connectivity index (χ2n) is 12.4. The lowest BCUT2D eigenvalue weighted by Crippen LogP contribution is -2.49. The van der Waals surface area contributed by atoms with Crippen LogP contribution in [0.15, 0.2) is 48.6 Å². The van der Waals surface area contributed by atoms with Crippen LogP contribution in [0.3, 0.4) is 0 Å². The molecule has 1 spiro atoms. The van der Waals surface area contributed by atoms with Crippen molar-refractivity contribution in [3.8, 4) is 5.75 Å². The second kappa shape index (κ2) is 11.5. The number of anilines is 1. The molecule has 8 nitrogen and oxygen atoms in total. The molecular weight excluding hydrogens is 576 g/mol. The number of nitrogens with one attached hydrogen (secondary N) is 1. The zero-order valence-corrected chi connectivity index (χ0v) is 25.7. The first-order chi connectivity index (χ1) is 20.1. The Morgan fingerprint density at radius 2 is 2.02 bits per heavy atom. The number of benzene rings is 2. The predicted octanol–water partition coefficient (Wildman–Crippen LogP) is 4.62. The largest absolute Gasteiger partial charge is 0.490 e. The van der Waals surface area contributed by atoms with E-state index < -0.39 is 27.3 Å². The standard InChI is InChI=1S/C32H39ClN2O6S/c1-20-28(36)6-3-7-29(40-2)25-11-8-23(25)17-35-18-32(14-4-5-21-15-24(33)10-12-26(21)32)19-41-30-13-9-22(16-27(30)35)31(37)34-42(20,38)39/h3,7,9-10,12-13,15-16,20,23,25,28-29,36H,4-6,8,11,14,17-19H2,1-2H3,(H,34,37)/b7-3+/t20-,23-,25+,28+,29-,32-/m0/s1. The minimum absolute atomic E-state index is 0.141. The number of carbonyl (C=O) groups is 1. The number of rotatable bonds is 1. The minimum atomic E-state index is -4.13. The zero-order chi connectivity index (χ0) is 29.6. The number of carbonyl (C=O) groups excluding carboxylic acids is 1. The number of sulfonamides is 1. The van der Waals surface area contributed by atoms with Crippen LogP contribution in [0.1, 0.15) is 60.5 Å². The van der Waals surface area contributed by atoms with Crippen LogP contribution in [0.2, 0.25) is 5.02 Å². The average molecular weight is 615 g/mol. The quantitative estimate of drug-likeness (QED) is 0.452. The van der Waals surface area contributed by atoms with Gasteiger partial charge < -0.3 is 19.5 Å². The molecule has 1 fully saturated rings. The number of halogens is 1. The molecule has 6 rings (SSSR count). The van der Waals surface area contributed by atoms with Gasteiger partial charge in [0.15, 0.2) is 0 Å². The molecule has 42 heavy (non-hydrogen) atoms. The van der Waals surface area contributed by atoms with E-state index in [2.05, 4.69) is 21.8 Å². The highest BCUT2D eigenvalue weighted by Crippen LogP contribution is 2.47. The van der Waals surface area contributed by atoms with E-state index in [-0.39, 0.29) is 29.4 Å². The van der Waals surface area contributed by atoms with Gasteiger partial charge in [0.2, 0.25) is 10.0 Å². The molecule has 2 aromatic rings. The zero-order valence-electron chi connectivity index (χ0n) is 24.1. The van der Waals surface area contributed by atoms with Crippen LogP contribution in [0.4, 0.5) is 5.69 Å². The summed E-state index contributed by atoms with van der Waals surface area (Å²) in [5, 5.41) is 10.2. The number of hydrogen-bond donors (Lipinski definition) is 2. The maximum atomic E-state index is 13.3. The number of aryl methyl sites for hydroxylation is 1. The first kappa shape index (κ1) is 29.5. The summed E-state index contributed by atoms with van der Waals surface area (Å²) in [5.74, 6) is 0.587. The van der Waals surface area contributed by atoms with Gasteiger partial charge in [0.1, 0.15) is 11.0 Å². The Morgan fingerprint density at radius 1 is 1.19 bits per heavy atom. The van der Waals surface area contributed by atoms with Crippen LogP contribution in [0.25, 0.3) is 0 Å². The van der Waals surface area contributed by atoms with Gasteiger partial charge in [0, 0.05) is 36.2 Å². The van der Waals surface area contributed by atoms with Gasteiger partial charge in [-0.15, -0.1) is 0 Å². The van der Waals surface area contributed by atoms with Gasteiger partial charge in [-0.05, 0) is 98.7 Å². The van der Waals surface area contributed by atoms with E-state index in [4.69, 9.17) is 21.1 Å². The molecule has 10 heteroatoms. The molecule has 6 atom stereocenters. The van der Waals surface area contributed by atoms with Crippen molar-refractivity contribution in [2.24, 2.45) is 11.8 Å². The van der Waals surface area contributed by atoms with Crippen LogP contribution in [-0.4, -0.2) is 63.7 Å². The van der Waals surface area contributed by atoms with Gasteiger partial charge in [-0.2, -0.15) is 0 Å². The second-order valence-corrected chi connectivity index (χ2v) is 14.9. The lowest BCUT2D eigenvalue weighted by atomic mass is 9.68. The highest BCUT2D eigenvalue weighted by molar-refractivity contribution is 7.90. The van der Waals surface area contributed by atoms with E-state index in [9.17, 15) is 18.3 Å². The first-order valence-corrected chi connectivity index (χ1v) is 16.8. The molecule has 2 bridgehead atoms. The maximum Gasteiger partial charge on any atom is 0.264 e. The predicted molar refractivity (Wildman–Crippen MR) is 163 cm³/mol. The molecule has 1 amide bonds. The van der Waals surface area contributed by atoms with Crippen molar-refractivity contribution in [3.63, 3.8) is 0 Å². The Hall–Kier alpha value is -2.59. The van der Waals surface area contributed by atoms with Crippen LogP contribution in [-0.2, 0) is 26.6 Å². The summed E-state index contributed by atoms with van der Waals surface area (Å²) >= 11 is 6.39. The SMILES string of the molecule is CO[C@H]1/C=C/C[C@@H](O)[C@H](C)S(=O)(=O)NC(=O)c2ccc3c(c2)N(C[C@@H]2CC[C@H]21)C[C@@]1(CCCc2cc(Cl)ccc21)CO3. The smallest absolute Gasteiger partial charge is 0.264 e. The highest BCUT2D eigenvalue weighted by atomic mass is 35.5. The first-order valence-electron chi connectivity index (χ1n) is 14.8. The minimum Gasteiger partial charge on any atom is -0.490 e. The fourth-order valence-corrected chi connectivity index (χ4v) is 8.50. The fourth-order valence-electron chi connectivity index (χ4n) is 7.22. The summed E-state index contributed by atoms with van der Waals surface area (Å²) < 4.78 is 40.7. The van der Waals surface area contributed by atoms with E-state index >= 15 is 0 Å². The van der Waals surface area contributed by atoms with E-state index in [1.165, 1.54) is 18.1 Å². The van der Waals surface area contributed by atoms with Crippen LogP contribution >= 0.6 is 11.6 Å². The number of hydrogen-bond acceptors (Lipinski definition) is 7. The van der Waals surface area contributed by atoms with Gasteiger partial charge in [-0.3, -0.25) is 4.79 Å². The van der Waals surface area contributed by atoms with Crippen molar-refractivity contribution in [1.29, 1.82) is 0 Å². The summed E-state index contributed by atoms with van der Waals surface area (Å²) in [6.45, 7) is 3.37. The summed E-state index contributed by atoms with van der Waals surface area (Å²) in [6, 6.07) is 11.3. The number of ether oxygens (including phenoxy) is 2. The Balaban J connectivity index is 1.43. The Morgan fingerprint density at radius 3 is 2.79 bits per heavy atom. The number of amides is 1. The number of aliphatic hydroxyl groups excluding tert-OH is 1. The third kappa shape index (κ3) is 5.45. The summed E-state index contributed by atoms with van der Waals surface area (Å²) in [5.41, 5.74) is 3.28. The van der Waals surface area contributed by atoms with Crippen LogP contribution < -0.4 is 14.4 Å². The van der Waals surface area contributed by atoms with E-state index in [1.54, 1.807) is 31.4 Å². The molecule has 0 aromatic heterocycles. The molecule has 0 radical (unpaired) electrons. The summed E-state index contributed by atoms with van der Waals surface area (Å²) in [4.78, 5) is 15.6. The van der Waals surface area contributed by atoms with Gasteiger partial charge in [-0.25, -0.2) is 13.1 Å². The maximum absolute atomic E-state index is 13.3. The van der Waals surface area contributed by atoms with Gasteiger partial charge >= 0.3 is 0 Å². The van der Waals surface area contributed by atoms with Crippen molar-refractivity contribution < 1.29 is 27.8 Å². The molecular formula is C32H39ClN2O6S. The van der Waals surface area contributed by atoms with Gasteiger partial charge in [0.05, 0.1) is 24.5 Å². The Bertz CT molecular complexity index is 1500. The molecule has 226 valence electrons. The summed E-state index contributed by atoms with van der Waals surface area (Å²) in [6.07, 6.45) is 7.62. The van der Waals surface area contributed by atoms with E-state index in [0.29, 0.717) is 24.8 Å². The van der Waals surface area contributed by atoms with Crippen LogP contribution in [0, 0.1) is 11.8 Å². The van der Waals surface area contributed by atoms with Crippen molar-refractivity contribution in [2.75, 3.05) is 31.7 Å². The Labute approximate surface area is 253 Å². The molecule has 2 aliphatic heterocycles. The number of nitrogens with zero attached hydrogens (tertiary/aromatic N) is 1. The molecule has 0 saturated heterocycles. The Kier molecular flexibility index (Phi) is 8.06.